The van der Waals surface area contributed by atoms with Crippen molar-refractivity contribution in [1.82, 2.24) is 20.2 Å². The van der Waals surface area contributed by atoms with Crippen LogP contribution in [0.4, 0.5) is 10.5 Å². The van der Waals surface area contributed by atoms with E-state index in [4.69, 9.17) is 13.9 Å². The standard InChI is InChI=1S/C27H33N5O5/c1-5-21-12-20(9-10-36-21)32(27(34)35-6-2)24-22-11-17(18-13-28-30(3)15-18)7-8-23(22)37-26(24)25(33)19-14-29-31(4)16-19/h7-8,11,14-16,20-21,28H,5-6,9-10,12-13H2,1-4H3/t20-,21-/m0/s1. The van der Waals surface area contributed by atoms with E-state index in [0.717, 1.165) is 17.6 Å². The van der Waals surface area contributed by atoms with Crippen LogP contribution < -0.4 is 10.3 Å². The number of hydrogen-bond donors (Lipinski definition) is 1. The highest BCUT2D eigenvalue weighted by atomic mass is 16.6. The van der Waals surface area contributed by atoms with Crippen molar-refractivity contribution >= 4 is 34.1 Å². The molecule has 0 bridgehead atoms. The van der Waals surface area contributed by atoms with E-state index in [2.05, 4.69) is 17.4 Å². The number of rotatable bonds is 7. The normalized spacial score (nSPS) is 19.8. The number of carbonyl (C=O) groups is 2. The highest BCUT2D eigenvalue weighted by Gasteiger charge is 2.37. The van der Waals surface area contributed by atoms with E-state index >= 15 is 0 Å². The minimum Gasteiger partial charge on any atom is -0.450 e. The van der Waals surface area contributed by atoms with E-state index in [9.17, 15) is 9.59 Å². The van der Waals surface area contributed by atoms with Crippen molar-refractivity contribution in [3.8, 4) is 0 Å². The Morgan fingerprint density at radius 1 is 1.27 bits per heavy atom. The molecule has 0 aliphatic carbocycles. The summed E-state index contributed by atoms with van der Waals surface area (Å²) in [5.41, 5.74) is 6.68. The number of nitrogens with zero attached hydrogens (tertiary/aromatic N) is 4. The number of nitrogens with one attached hydrogen (secondary N) is 1. The summed E-state index contributed by atoms with van der Waals surface area (Å²) in [7, 11) is 3.69. The van der Waals surface area contributed by atoms with Gasteiger partial charge in [-0.3, -0.25) is 14.4 Å². The van der Waals surface area contributed by atoms with Gasteiger partial charge in [-0.05, 0) is 49.5 Å². The average molecular weight is 508 g/mol. The van der Waals surface area contributed by atoms with Crippen LogP contribution >= 0.6 is 0 Å². The molecule has 1 saturated heterocycles. The number of ketones is 1. The van der Waals surface area contributed by atoms with Crippen LogP contribution in [0.2, 0.25) is 0 Å². The summed E-state index contributed by atoms with van der Waals surface area (Å²) in [5, 5.41) is 6.75. The molecule has 2 aliphatic rings. The zero-order chi connectivity index (χ0) is 26.1. The third-order valence-corrected chi connectivity index (χ3v) is 6.94. The van der Waals surface area contributed by atoms with E-state index in [1.807, 2.05) is 36.5 Å². The fourth-order valence-electron chi connectivity index (χ4n) is 5.05. The largest absolute Gasteiger partial charge is 0.450 e. The van der Waals surface area contributed by atoms with Crippen molar-refractivity contribution in [1.29, 1.82) is 0 Å². The molecule has 1 N–H and O–H groups in total. The van der Waals surface area contributed by atoms with Gasteiger partial charge in [0.2, 0.25) is 5.78 Å². The van der Waals surface area contributed by atoms with Crippen LogP contribution in [-0.4, -0.2) is 65.6 Å². The van der Waals surface area contributed by atoms with Crippen molar-refractivity contribution in [2.45, 2.75) is 45.3 Å². The number of carbonyl (C=O) groups excluding carboxylic acids is 2. The molecule has 0 saturated carbocycles. The average Bonchev–Trinajstić information content (AvgIpc) is 3.62. The van der Waals surface area contributed by atoms with Gasteiger partial charge in [-0.2, -0.15) is 5.10 Å². The van der Waals surface area contributed by atoms with Gasteiger partial charge in [-0.15, -0.1) is 0 Å². The second-order valence-electron chi connectivity index (χ2n) is 9.47. The number of amides is 1. The predicted molar refractivity (Wildman–Crippen MR) is 139 cm³/mol. The molecule has 0 spiro atoms. The summed E-state index contributed by atoms with van der Waals surface area (Å²) in [6.07, 6.45) is 6.79. The van der Waals surface area contributed by atoms with E-state index in [1.54, 1.807) is 29.7 Å². The second kappa shape index (κ2) is 10.4. The number of furan rings is 1. The molecular weight excluding hydrogens is 474 g/mol. The molecule has 4 heterocycles. The molecule has 2 aliphatic heterocycles. The maximum Gasteiger partial charge on any atom is 0.414 e. The first-order valence-electron chi connectivity index (χ1n) is 12.7. The summed E-state index contributed by atoms with van der Waals surface area (Å²) in [5.74, 6) is -0.237. The lowest BCUT2D eigenvalue weighted by Gasteiger charge is -2.36. The summed E-state index contributed by atoms with van der Waals surface area (Å²) in [6, 6.07) is 5.61. The van der Waals surface area contributed by atoms with Crippen LogP contribution in [0.5, 0.6) is 0 Å². The van der Waals surface area contributed by atoms with Gasteiger partial charge in [0.15, 0.2) is 5.76 Å². The Balaban J connectivity index is 1.70. The second-order valence-corrected chi connectivity index (χ2v) is 9.47. The van der Waals surface area contributed by atoms with Gasteiger partial charge in [0.1, 0.15) is 11.3 Å². The molecule has 37 heavy (non-hydrogen) atoms. The van der Waals surface area contributed by atoms with Gasteiger partial charge in [0, 0.05) is 51.1 Å². The highest BCUT2D eigenvalue weighted by Crippen LogP contribution is 2.40. The molecule has 1 fully saturated rings. The third-order valence-electron chi connectivity index (χ3n) is 6.94. The van der Waals surface area contributed by atoms with E-state index in [-0.39, 0.29) is 30.3 Å². The minimum atomic E-state index is -0.501. The molecule has 2 aromatic heterocycles. The summed E-state index contributed by atoms with van der Waals surface area (Å²) < 4.78 is 19.2. The zero-order valence-corrected chi connectivity index (χ0v) is 21.7. The van der Waals surface area contributed by atoms with E-state index in [1.165, 1.54) is 6.20 Å². The van der Waals surface area contributed by atoms with Crippen molar-refractivity contribution in [2.75, 3.05) is 31.7 Å². The highest BCUT2D eigenvalue weighted by molar-refractivity contribution is 6.17. The Morgan fingerprint density at radius 2 is 2.11 bits per heavy atom. The van der Waals surface area contributed by atoms with Gasteiger partial charge in [0.25, 0.3) is 0 Å². The van der Waals surface area contributed by atoms with Gasteiger partial charge in [-0.25, -0.2) is 10.2 Å². The Morgan fingerprint density at radius 3 is 2.78 bits per heavy atom. The Labute approximate surface area is 215 Å². The number of anilines is 1. The number of ether oxygens (including phenoxy) is 2. The smallest absolute Gasteiger partial charge is 0.414 e. The molecule has 196 valence electrons. The minimum absolute atomic E-state index is 0.0205. The van der Waals surface area contributed by atoms with Gasteiger partial charge >= 0.3 is 6.09 Å². The van der Waals surface area contributed by atoms with Crippen molar-refractivity contribution in [3.05, 3.63) is 53.7 Å². The van der Waals surface area contributed by atoms with Crippen LogP contribution in [0.3, 0.4) is 0 Å². The summed E-state index contributed by atoms with van der Waals surface area (Å²) in [4.78, 5) is 28.9. The van der Waals surface area contributed by atoms with E-state index < -0.39 is 6.09 Å². The molecule has 3 aromatic rings. The summed E-state index contributed by atoms with van der Waals surface area (Å²) in [6.45, 7) is 5.26. The van der Waals surface area contributed by atoms with Crippen LogP contribution in [0.25, 0.3) is 16.5 Å². The lowest BCUT2D eigenvalue weighted by molar-refractivity contribution is 0.00468. The molecular formula is C27H33N5O5. The maximum absolute atomic E-state index is 13.7. The number of hydrogen-bond acceptors (Lipinski definition) is 8. The first-order valence-corrected chi connectivity index (χ1v) is 12.7. The SMILES string of the molecule is CCOC(=O)N(c1c(C(=O)c2cnn(C)c2)oc2ccc(C3=CN(C)NC3)cc12)[C@H]1CCO[C@@H](CC)C1. The number of aromatic nitrogens is 2. The van der Waals surface area contributed by atoms with Crippen molar-refractivity contribution in [3.63, 3.8) is 0 Å². The van der Waals surface area contributed by atoms with Gasteiger partial charge < -0.3 is 18.9 Å². The van der Waals surface area contributed by atoms with E-state index in [0.29, 0.717) is 48.2 Å². The van der Waals surface area contributed by atoms with Crippen LogP contribution in [0.1, 0.15) is 54.8 Å². The van der Waals surface area contributed by atoms with Crippen LogP contribution in [0.15, 0.2) is 41.2 Å². The fraction of sp³-hybridized carbons (Fsp3) is 0.444. The Kier molecular flexibility index (Phi) is 7.03. The summed E-state index contributed by atoms with van der Waals surface area (Å²) >= 11 is 0. The molecule has 5 rings (SSSR count). The molecule has 0 unspecified atom stereocenters. The van der Waals surface area contributed by atoms with Crippen LogP contribution in [0, 0.1) is 0 Å². The molecule has 1 amide bonds. The van der Waals surface area contributed by atoms with Crippen molar-refractivity contribution in [2.24, 2.45) is 7.05 Å². The topological polar surface area (TPSA) is 102 Å². The number of hydrazine groups is 1. The van der Waals surface area contributed by atoms with Gasteiger partial charge in [-0.1, -0.05) is 13.0 Å². The Bertz CT molecular complexity index is 1340. The monoisotopic (exact) mass is 507 g/mol. The molecule has 10 nitrogen and oxygen atoms in total. The lowest BCUT2D eigenvalue weighted by atomic mass is 9.98. The lowest BCUT2D eigenvalue weighted by Crippen LogP contribution is -2.46. The van der Waals surface area contributed by atoms with Crippen LogP contribution in [-0.2, 0) is 16.5 Å². The number of benzene rings is 1. The maximum atomic E-state index is 13.7. The zero-order valence-electron chi connectivity index (χ0n) is 21.7. The van der Waals surface area contributed by atoms with Gasteiger partial charge in [0.05, 0.1) is 24.5 Å². The predicted octanol–water partition coefficient (Wildman–Crippen LogP) is 4.11. The molecule has 10 heteroatoms. The Hall–Kier alpha value is -3.63. The number of aryl methyl sites for hydroxylation is 1. The fourth-order valence-corrected chi connectivity index (χ4v) is 5.05. The third kappa shape index (κ3) is 4.86. The first-order chi connectivity index (χ1) is 17.9. The first kappa shape index (κ1) is 25.0. The molecule has 1 aromatic carbocycles. The van der Waals surface area contributed by atoms with Crippen molar-refractivity contribution < 1.29 is 23.5 Å². The quantitative estimate of drug-likeness (QED) is 0.477. The molecule has 0 radical (unpaired) electrons. The number of fused-ring (bicyclic) bond motifs is 1. The molecule has 2 atom stereocenters.